The van der Waals surface area contributed by atoms with Crippen molar-refractivity contribution < 1.29 is 18.0 Å². The van der Waals surface area contributed by atoms with Crippen molar-refractivity contribution in [1.82, 2.24) is 9.79 Å². The molecule has 0 radical (unpaired) electrons. The number of carbonyl (C=O) groups excluding carboxylic acids is 1. The van der Waals surface area contributed by atoms with E-state index in [1.54, 1.807) is 26.8 Å². The normalized spacial score (nSPS) is 11.5. The molecule has 7 heteroatoms. The van der Waals surface area contributed by atoms with E-state index in [0.29, 0.717) is 18.7 Å². The zero-order valence-electron chi connectivity index (χ0n) is 15.2. The molecule has 2 rings (SSSR count). The quantitative estimate of drug-likeness (QED) is 0.719. The van der Waals surface area contributed by atoms with Gasteiger partial charge in [0.25, 0.3) is 5.91 Å². The van der Waals surface area contributed by atoms with Gasteiger partial charge in [0.1, 0.15) is 0 Å². The number of benzene rings is 2. The van der Waals surface area contributed by atoms with Gasteiger partial charge in [0.15, 0.2) is 0 Å². The predicted octanol–water partition coefficient (Wildman–Crippen LogP) is 2.89. The molecule has 0 aromatic heterocycles. The van der Waals surface area contributed by atoms with Gasteiger partial charge in [-0.3, -0.25) is 9.63 Å². The third kappa shape index (κ3) is 4.69. The number of nitrogens with one attached hydrogen (secondary N) is 1. The zero-order valence-corrected chi connectivity index (χ0v) is 16.0. The molecule has 0 aliphatic carbocycles. The van der Waals surface area contributed by atoms with Crippen molar-refractivity contribution in [3.05, 3.63) is 65.2 Å². The Morgan fingerprint density at radius 2 is 1.73 bits per heavy atom. The van der Waals surface area contributed by atoms with E-state index in [-0.39, 0.29) is 17.1 Å². The van der Waals surface area contributed by atoms with Gasteiger partial charge in [-0.1, -0.05) is 50.2 Å². The summed E-state index contributed by atoms with van der Waals surface area (Å²) in [5.41, 5.74) is 4.24. The minimum atomic E-state index is -3.62. The first kappa shape index (κ1) is 20.1. The molecular weight excluding hydrogens is 352 g/mol. The molecule has 0 unspecified atom stereocenters. The van der Waals surface area contributed by atoms with Gasteiger partial charge >= 0.3 is 0 Å². The van der Waals surface area contributed by atoms with Crippen LogP contribution < -0.4 is 5.48 Å². The summed E-state index contributed by atoms with van der Waals surface area (Å²) in [4.78, 5) is 17.7. The largest absolute Gasteiger partial charge is 0.275 e. The first-order valence-electron chi connectivity index (χ1n) is 8.47. The summed E-state index contributed by atoms with van der Waals surface area (Å²) in [5.74, 6) is -0.477. The van der Waals surface area contributed by atoms with Crippen LogP contribution in [0.15, 0.2) is 53.4 Å². The number of carbonyl (C=O) groups is 1. The SMILES string of the molecule is CCN(CC)S(=O)(=O)c1ccc(C)c(C(=O)NOCc2ccccc2)c1. The molecule has 0 spiro atoms. The van der Waals surface area contributed by atoms with Gasteiger partial charge in [-0.15, -0.1) is 0 Å². The summed E-state index contributed by atoms with van der Waals surface area (Å²) in [7, 11) is -3.62. The molecular formula is C19H24N2O4S. The smallest absolute Gasteiger partial charge is 0.269 e. The molecule has 2 aromatic rings. The number of rotatable bonds is 8. The Balaban J connectivity index is 2.14. The van der Waals surface area contributed by atoms with Gasteiger partial charge in [-0.25, -0.2) is 13.9 Å². The summed E-state index contributed by atoms with van der Waals surface area (Å²) < 4.78 is 26.6. The molecule has 0 fully saturated rings. The molecule has 26 heavy (non-hydrogen) atoms. The third-order valence-electron chi connectivity index (χ3n) is 4.04. The van der Waals surface area contributed by atoms with Crippen molar-refractivity contribution in [2.45, 2.75) is 32.3 Å². The average molecular weight is 376 g/mol. The van der Waals surface area contributed by atoms with Crippen molar-refractivity contribution in [2.75, 3.05) is 13.1 Å². The Bertz CT molecular complexity index is 847. The lowest BCUT2D eigenvalue weighted by molar-refractivity contribution is 0.0233. The molecule has 1 N–H and O–H groups in total. The van der Waals surface area contributed by atoms with Crippen LogP contribution in [-0.2, 0) is 21.5 Å². The number of amides is 1. The first-order valence-corrected chi connectivity index (χ1v) is 9.91. The van der Waals surface area contributed by atoms with Crippen LogP contribution >= 0.6 is 0 Å². The van der Waals surface area contributed by atoms with Crippen LogP contribution in [0.3, 0.4) is 0 Å². The fourth-order valence-electron chi connectivity index (χ4n) is 2.53. The molecule has 0 saturated heterocycles. The van der Waals surface area contributed by atoms with Gasteiger partial charge < -0.3 is 0 Å². The van der Waals surface area contributed by atoms with Crippen LogP contribution in [0.25, 0.3) is 0 Å². The molecule has 0 aliphatic heterocycles. The van der Waals surface area contributed by atoms with Crippen LogP contribution in [0.5, 0.6) is 0 Å². The lowest BCUT2D eigenvalue weighted by Gasteiger charge is -2.19. The molecule has 0 saturated carbocycles. The summed E-state index contributed by atoms with van der Waals surface area (Å²) in [6.45, 7) is 6.27. The highest BCUT2D eigenvalue weighted by Gasteiger charge is 2.23. The maximum Gasteiger partial charge on any atom is 0.275 e. The Labute approximate surface area is 154 Å². The molecule has 0 bridgehead atoms. The van der Waals surface area contributed by atoms with Crippen LogP contribution in [0.2, 0.25) is 0 Å². The van der Waals surface area contributed by atoms with Gasteiger partial charge in [0.05, 0.1) is 11.5 Å². The Morgan fingerprint density at radius 1 is 1.08 bits per heavy atom. The lowest BCUT2D eigenvalue weighted by atomic mass is 10.1. The predicted molar refractivity (Wildman–Crippen MR) is 100.0 cm³/mol. The van der Waals surface area contributed by atoms with E-state index in [2.05, 4.69) is 5.48 Å². The number of sulfonamides is 1. The monoisotopic (exact) mass is 376 g/mol. The summed E-state index contributed by atoms with van der Waals surface area (Å²) in [6, 6.07) is 14.0. The summed E-state index contributed by atoms with van der Waals surface area (Å²) >= 11 is 0. The fraction of sp³-hybridized carbons (Fsp3) is 0.316. The van der Waals surface area contributed by atoms with E-state index in [0.717, 1.165) is 5.56 Å². The number of aryl methyl sites for hydroxylation is 1. The van der Waals surface area contributed by atoms with Crippen LogP contribution in [0, 0.1) is 6.92 Å². The summed E-state index contributed by atoms with van der Waals surface area (Å²) in [5, 5.41) is 0. The second-order valence-corrected chi connectivity index (χ2v) is 7.71. The minimum Gasteiger partial charge on any atom is -0.269 e. The van der Waals surface area contributed by atoms with Crippen molar-refractivity contribution in [3.63, 3.8) is 0 Å². The van der Waals surface area contributed by atoms with Crippen molar-refractivity contribution in [1.29, 1.82) is 0 Å². The number of hydroxylamine groups is 1. The Hall–Kier alpha value is -2.22. The summed E-state index contributed by atoms with van der Waals surface area (Å²) in [6.07, 6.45) is 0. The maximum atomic E-state index is 12.6. The van der Waals surface area contributed by atoms with E-state index < -0.39 is 15.9 Å². The highest BCUT2D eigenvalue weighted by Crippen LogP contribution is 2.19. The molecule has 140 valence electrons. The maximum absolute atomic E-state index is 12.6. The van der Waals surface area contributed by atoms with E-state index in [9.17, 15) is 13.2 Å². The van der Waals surface area contributed by atoms with E-state index in [1.807, 2.05) is 30.3 Å². The number of hydrogen-bond donors (Lipinski definition) is 1. The lowest BCUT2D eigenvalue weighted by Crippen LogP contribution is -2.31. The minimum absolute atomic E-state index is 0.0972. The van der Waals surface area contributed by atoms with Gasteiger partial charge in [-0.05, 0) is 30.2 Å². The van der Waals surface area contributed by atoms with E-state index in [4.69, 9.17) is 4.84 Å². The van der Waals surface area contributed by atoms with E-state index >= 15 is 0 Å². The molecule has 6 nitrogen and oxygen atoms in total. The molecule has 0 atom stereocenters. The Kier molecular flexibility index (Phi) is 6.90. The van der Waals surface area contributed by atoms with Gasteiger partial charge in [0.2, 0.25) is 10.0 Å². The second kappa shape index (κ2) is 8.93. The topological polar surface area (TPSA) is 75.7 Å². The average Bonchev–Trinajstić information content (AvgIpc) is 2.63. The molecule has 0 heterocycles. The molecule has 0 aliphatic rings. The van der Waals surface area contributed by atoms with Crippen LogP contribution in [0.4, 0.5) is 0 Å². The van der Waals surface area contributed by atoms with Crippen molar-refractivity contribution >= 4 is 15.9 Å². The Morgan fingerprint density at radius 3 is 2.35 bits per heavy atom. The highest BCUT2D eigenvalue weighted by atomic mass is 32.2. The van der Waals surface area contributed by atoms with Crippen molar-refractivity contribution in [2.24, 2.45) is 0 Å². The van der Waals surface area contributed by atoms with Crippen LogP contribution in [-0.4, -0.2) is 31.7 Å². The number of hydrogen-bond acceptors (Lipinski definition) is 4. The zero-order chi connectivity index (χ0) is 19.2. The molecule has 2 aromatic carbocycles. The third-order valence-corrected chi connectivity index (χ3v) is 6.09. The molecule has 1 amide bonds. The van der Waals surface area contributed by atoms with E-state index in [1.165, 1.54) is 16.4 Å². The second-order valence-electron chi connectivity index (χ2n) is 5.77. The number of nitrogens with zero attached hydrogens (tertiary/aromatic N) is 1. The highest BCUT2D eigenvalue weighted by molar-refractivity contribution is 7.89. The van der Waals surface area contributed by atoms with Gasteiger partial charge in [-0.2, -0.15) is 4.31 Å². The van der Waals surface area contributed by atoms with Crippen LogP contribution in [0.1, 0.15) is 35.3 Å². The first-order chi connectivity index (χ1) is 12.4. The van der Waals surface area contributed by atoms with Gasteiger partial charge in [0, 0.05) is 18.7 Å². The standard InChI is InChI=1S/C19H24N2O4S/c1-4-21(5-2)26(23,24)17-12-11-15(3)18(13-17)19(22)20-25-14-16-9-7-6-8-10-16/h6-13H,4-5,14H2,1-3H3,(H,20,22). The fourth-order valence-corrected chi connectivity index (χ4v) is 4.02. The van der Waals surface area contributed by atoms with Crippen molar-refractivity contribution in [3.8, 4) is 0 Å².